The van der Waals surface area contributed by atoms with Gasteiger partial charge in [-0.05, 0) is 18.7 Å². The number of aromatic amines is 1. The van der Waals surface area contributed by atoms with Crippen LogP contribution in [0.15, 0.2) is 34.2 Å². The molecule has 10 nitrogen and oxygen atoms in total. The van der Waals surface area contributed by atoms with Crippen LogP contribution in [0.4, 0.5) is 11.4 Å². The van der Waals surface area contributed by atoms with Gasteiger partial charge in [0, 0.05) is 29.5 Å². The number of nitrogens with zero attached hydrogens (tertiary/aromatic N) is 3. The molecule has 0 unspecified atom stereocenters. The Bertz CT molecular complexity index is 846. The maximum Gasteiger partial charge on any atom is 0.277 e. The summed E-state index contributed by atoms with van der Waals surface area (Å²) in [6, 6.07) is 3.84. The molecule has 1 aromatic carbocycles. The molecule has 0 radical (unpaired) electrons. The van der Waals surface area contributed by atoms with Crippen molar-refractivity contribution in [3.05, 3.63) is 66.1 Å². The standard InChI is InChI=1S/C12H8N4O6S/c1-6-2-10(17)14-12(13-6)23-11(18)7-3-8(15(19)20)5-9(4-7)16(21)22/h2-5H,1H3,(H,13,14,17). The van der Waals surface area contributed by atoms with Crippen LogP contribution in [0, 0.1) is 27.2 Å². The highest BCUT2D eigenvalue weighted by Gasteiger charge is 2.21. The van der Waals surface area contributed by atoms with E-state index in [0.29, 0.717) is 17.5 Å². The van der Waals surface area contributed by atoms with Crippen molar-refractivity contribution in [1.29, 1.82) is 0 Å². The van der Waals surface area contributed by atoms with Crippen LogP contribution in [-0.4, -0.2) is 24.9 Å². The number of nitro benzene ring substituents is 2. The van der Waals surface area contributed by atoms with Crippen molar-refractivity contribution in [3.8, 4) is 0 Å². The molecule has 0 saturated heterocycles. The van der Waals surface area contributed by atoms with Crippen LogP contribution in [-0.2, 0) is 0 Å². The van der Waals surface area contributed by atoms with Crippen LogP contribution in [0.25, 0.3) is 0 Å². The summed E-state index contributed by atoms with van der Waals surface area (Å²) in [6.07, 6.45) is 0. The lowest BCUT2D eigenvalue weighted by Crippen LogP contribution is -2.09. The van der Waals surface area contributed by atoms with Crippen LogP contribution >= 0.6 is 11.8 Å². The normalized spacial score (nSPS) is 10.3. The van der Waals surface area contributed by atoms with Crippen molar-refractivity contribution >= 4 is 28.3 Å². The molecule has 0 spiro atoms. The second-order valence-corrected chi connectivity index (χ2v) is 5.30. The average molecular weight is 336 g/mol. The third-order valence-corrected chi connectivity index (χ3v) is 3.41. The van der Waals surface area contributed by atoms with E-state index in [1.54, 1.807) is 6.92 Å². The van der Waals surface area contributed by atoms with Gasteiger partial charge in [0.2, 0.25) is 5.12 Å². The predicted octanol–water partition coefficient (Wildman–Crippen LogP) is 1.83. The number of non-ortho nitro benzene ring substituents is 2. The summed E-state index contributed by atoms with van der Waals surface area (Å²) in [7, 11) is 0. The fourth-order valence-corrected chi connectivity index (χ4v) is 2.42. The fourth-order valence-electron chi connectivity index (χ4n) is 1.67. The molecule has 0 aliphatic carbocycles. The molecule has 0 aliphatic heterocycles. The number of nitrogens with one attached hydrogen (secondary N) is 1. The first-order valence-corrected chi connectivity index (χ1v) is 6.82. The summed E-state index contributed by atoms with van der Waals surface area (Å²) >= 11 is 0.515. The number of benzene rings is 1. The summed E-state index contributed by atoms with van der Waals surface area (Å²) < 4.78 is 0. The molecule has 0 fully saturated rings. The van der Waals surface area contributed by atoms with Crippen molar-refractivity contribution in [2.75, 3.05) is 0 Å². The Hall–Kier alpha value is -3.08. The van der Waals surface area contributed by atoms with E-state index in [4.69, 9.17) is 0 Å². The smallest absolute Gasteiger partial charge is 0.277 e. The quantitative estimate of drug-likeness (QED) is 0.384. The summed E-state index contributed by atoms with van der Waals surface area (Å²) in [5.41, 5.74) is -1.46. The van der Waals surface area contributed by atoms with Gasteiger partial charge >= 0.3 is 0 Å². The van der Waals surface area contributed by atoms with Crippen LogP contribution in [0.2, 0.25) is 0 Å². The molecule has 1 N–H and O–H groups in total. The van der Waals surface area contributed by atoms with E-state index in [1.807, 2.05) is 0 Å². The predicted molar refractivity (Wildman–Crippen MR) is 79.5 cm³/mol. The van der Waals surface area contributed by atoms with Crippen LogP contribution in [0.1, 0.15) is 16.1 Å². The van der Waals surface area contributed by atoms with Gasteiger partial charge in [0.15, 0.2) is 5.16 Å². The molecule has 11 heteroatoms. The molecular weight excluding hydrogens is 328 g/mol. The Morgan fingerprint density at radius 1 is 1.13 bits per heavy atom. The number of hydrogen-bond acceptors (Lipinski definition) is 8. The lowest BCUT2D eigenvalue weighted by Gasteiger charge is -2.02. The van der Waals surface area contributed by atoms with E-state index in [9.17, 15) is 29.8 Å². The van der Waals surface area contributed by atoms with Gasteiger partial charge < -0.3 is 4.98 Å². The lowest BCUT2D eigenvalue weighted by atomic mass is 10.2. The molecule has 23 heavy (non-hydrogen) atoms. The van der Waals surface area contributed by atoms with Gasteiger partial charge in [-0.1, -0.05) is 0 Å². The number of thioether (sulfide) groups is 1. The van der Waals surface area contributed by atoms with Gasteiger partial charge in [0.1, 0.15) is 0 Å². The number of nitro groups is 2. The zero-order chi connectivity index (χ0) is 17.1. The van der Waals surface area contributed by atoms with Gasteiger partial charge in [-0.15, -0.1) is 0 Å². The first kappa shape index (κ1) is 16.3. The molecule has 1 heterocycles. The molecule has 0 saturated carbocycles. The third-order valence-electron chi connectivity index (χ3n) is 2.60. The highest BCUT2D eigenvalue weighted by molar-refractivity contribution is 8.14. The molecule has 0 atom stereocenters. The summed E-state index contributed by atoms with van der Waals surface area (Å²) in [6.45, 7) is 1.56. The summed E-state index contributed by atoms with van der Waals surface area (Å²) in [5, 5.41) is 20.9. The van der Waals surface area contributed by atoms with Crippen molar-refractivity contribution in [1.82, 2.24) is 9.97 Å². The first-order chi connectivity index (χ1) is 10.8. The SMILES string of the molecule is Cc1cc(=O)[nH]c(SC(=O)c2cc([N+](=O)[O-])cc([N+](=O)[O-])c2)n1. The van der Waals surface area contributed by atoms with Crippen molar-refractivity contribution in [2.45, 2.75) is 12.1 Å². The first-order valence-electron chi connectivity index (χ1n) is 6.00. The molecule has 118 valence electrons. The van der Waals surface area contributed by atoms with Gasteiger partial charge in [-0.25, -0.2) is 4.98 Å². The Morgan fingerprint density at radius 2 is 1.70 bits per heavy atom. The van der Waals surface area contributed by atoms with E-state index >= 15 is 0 Å². The van der Waals surface area contributed by atoms with Gasteiger partial charge in [-0.3, -0.25) is 29.8 Å². The zero-order valence-electron chi connectivity index (χ0n) is 11.5. The molecule has 2 aromatic rings. The number of aromatic nitrogens is 2. The van der Waals surface area contributed by atoms with E-state index in [0.717, 1.165) is 18.2 Å². The summed E-state index contributed by atoms with van der Waals surface area (Å²) in [4.78, 5) is 49.7. The number of H-pyrrole nitrogens is 1. The minimum Gasteiger partial charge on any atom is -0.301 e. The van der Waals surface area contributed by atoms with E-state index in [2.05, 4.69) is 9.97 Å². The fraction of sp³-hybridized carbons (Fsp3) is 0.0833. The Morgan fingerprint density at radius 3 is 2.17 bits per heavy atom. The maximum atomic E-state index is 12.1. The summed E-state index contributed by atoms with van der Waals surface area (Å²) in [5.74, 6) is 0. The van der Waals surface area contributed by atoms with E-state index in [-0.39, 0.29) is 10.7 Å². The van der Waals surface area contributed by atoms with Crippen LogP contribution in [0.3, 0.4) is 0 Å². The second-order valence-electron chi connectivity index (χ2n) is 4.33. The third kappa shape index (κ3) is 3.97. The van der Waals surface area contributed by atoms with Gasteiger partial charge in [0.25, 0.3) is 16.9 Å². The van der Waals surface area contributed by atoms with Crippen LogP contribution in [0.5, 0.6) is 0 Å². The lowest BCUT2D eigenvalue weighted by molar-refractivity contribution is -0.394. The number of aryl methyl sites for hydroxylation is 1. The highest BCUT2D eigenvalue weighted by atomic mass is 32.2. The van der Waals surface area contributed by atoms with Crippen molar-refractivity contribution in [2.24, 2.45) is 0 Å². The Kier molecular flexibility index (Phi) is 4.50. The molecule has 0 amide bonds. The minimum atomic E-state index is -0.832. The Balaban J connectivity index is 2.40. The zero-order valence-corrected chi connectivity index (χ0v) is 12.3. The number of carbonyl (C=O) groups is 1. The second kappa shape index (κ2) is 6.36. The number of rotatable bonds is 4. The maximum absolute atomic E-state index is 12.1. The minimum absolute atomic E-state index is 0.00541. The topological polar surface area (TPSA) is 149 Å². The van der Waals surface area contributed by atoms with Crippen LogP contribution < -0.4 is 5.56 Å². The van der Waals surface area contributed by atoms with Crippen molar-refractivity contribution < 1.29 is 14.6 Å². The molecule has 0 bridgehead atoms. The largest absolute Gasteiger partial charge is 0.301 e. The molecule has 0 aliphatic rings. The monoisotopic (exact) mass is 336 g/mol. The number of hydrogen-bond donors (Lipinski definition) is 1. The van der Waals surface area contributed by atoms with E-state index < -0.39 is 31.9 Å². The molecule has 2 rings (SSSR count). The van der Waals surface area contributed by atoms with Gasteiger partial charge in [0.05, 0.1) is 15.9 Å². The molecular formula is C12H8N4O6S. The number of carbonyl (C=O) groups excluding carboxylic acids is 1. The highest BCUT2D eigenvalue weighted by Crippen LogP contribution is 2.27. The van der Waals surface area contributed by atoms with Gasteiger partial charge in [-0.2, -0.15) is 0 Å². The average Bonchev–Trinajstić information content (AvgIpc) is 2.45. The van der Waals surface area contributed by atoms with Crippen molar-refractivity contribution in [3.63, 3.8) is 0 Å². The Labute approximate surface area is 131 Å². The molecule has 1 aromatic heterocycles. The van der Waals surface area contributed by atoms with E-state index in [1.165, 1.54) is 6.07 Å².